The third-order valence-electron chi connectivity index (χ3n) is 4.39. The molecule has 14 heavy (non-hydrogen) atoms. The van der Waals surface area contributed by atoms with E-state index in [0.717, 1.165) is 23.7 Å². The fraction of sp³-hybridized carbons (Fsp3) is 0.857. The van der Waals surface area contributed by atoms with Crippen LogP contribution in [0.1, 0.15) is 52.4 Å². The van der Waals surface area contributed by atoms with Gasteiger partial charge in [-0.05, 0) is 36.5 Å². The highest BCUT2D eigenvalue weighted by Gasteiger charge is 2.25. The fourth-order valence-electron chi connectivity index (χ4n) is 3.14. The number of rotatable bonds is 2. The summed E-state index contributed by atoms with van der Waals surface area (Å²) in [5.41, 5.74) is 0. The van der Waals surface area contributed by atoms with Crippen LogP contribution >= 0.6 is 0 Å². The fourth-order valence-corrected chi connectivity index (χ4v) is 3.14. The van der Waals surface area contributed by atoms with Crippen molar-refractivity contribution in [3.8, 4) is 0 Å². The Hall–Kier alpha value is -0.260. The lowest BCUT2D eigenvalue weighted by molar-refractivity contribution is 0.233. The quantitative estimate of drug-likeness (QED) is 0.568. The van der Waals surface area contributed by atoms with Crippen molar-refractivity contribution >= 4 is 0 Å². The van der Waals surface area contributed by atoms with Gasteiger partial charge in [0, 0.05) is 0 Å². The van der Waals surface area contributed by atoms with Gasteiger partial charge in [-0.1, -0.05) is 51.7 Å². The predicted octanol–water partition coefficient (Wildman–Crippen LogP) is 4.42. The molecule has 0 aromatic heterocycles. The lowest BCUT2D eigenvalue weighted by Crippen LogP contribution is -2.17. The minimum atomic E-state index is 0.856. The van der Waals surface area contributed by atoms with Crippen LogP contribution in [0.4, 0.5) is 0 Å². The maximum absolute atomic E-state index is 2.41. The van der Waals surface area contributed by atoms with Crippen LogP contribution in [0.25, 0.3) is 0 Å². The Balaban J connectivity index is 1.75. The lowest BCUT2D eigenvalue weighted by Gasteiger charge is -2.29. The van der Waals surface area contributed by atoms with Gasteiger partial charge in [-0.3, -0.25) is 0 Å². The largest absolute Gasteiger partial charge is 0.0880 e. The maximum atomic E-state index is 2.41. The molecule has 2 atom stereocenters. The average Bonchev–Trinajstić information content (AvgIpc) is 2.56. The van der Waals surface area contributed by atoms with E-state index in [0.29, 0.717) is 0 Å². The molecule has 0 saturated heterocycles. The molecule has 80 valence electrons. The Morgan fingerprint density at radius 1 is 1.07 bits per heavy atom. The summed E-state index contributed by atoms with van der Waals surface area (Å²) in [7, 11) is 0. The van der Waals surface area contributed by atoms with Crippen molar-refractivity contribution in [2.75, 3.05) is 0 Å². The normalized spacial score (nSPS) is 43.0. The zero-order valence-corrected chi connectivity index (χ0v) is 9.71. The van der Waals surface area contributed by atoms with Crippen molar-refractivity contribution in [1.82, 2.24) is 0 Å². The first-order valence-electron chi connectivity index (χ1n) is 6.42. The van der Waals surface area contributed by atoms with E-state index in [-0.39, 0.29) is 0 Å². The first kappa shape index (κ1) is 10.3. The van der Waals surface area contributed by atoms with Gasteiger partial charge in [-0.25, -0.2) is 0 Å². The SMILES string of the molecule is CC1CCC(CC2CC=CC2C)CC1. The average molecular weight is 192 g/mol. The van der Waals surface area contributed by atoms with Gasteiger partial charge in [-0.2, -0.15) is 0 Å². The first-order valence-corrected chi connectivity index (χ1v) is 6.42. The monoisotopic (exact) mass is 192 g/mol. The molecule has 1 saturated carbocycles. The molecule has 2 unspecified atom stereocenters. The van der Waals surface area contributed by atoms with Crippen LogP contribution in [-0.2, 0) is 0 Å². The summed E-state index contributed by atoms with van der Waals surface area (Å²) < 4.78 is 0. The molecule has 0 aromatic carbocycles. The molecule has 0 amide bonds. The van der Waals surface area contributed by atoms with Gasteiger partial charge in [0.25, 0.3) is 0 Å². The Bertz CT molecular complexity index is 196. The van der Waals surface area contributed by atoms with Gasteiger partial charge in [0.1, 0.15) is 0 Å². The van der Waals surface area contributed by atoms with E-state index in [4.69, 9.17) is 0 Å². The molecule has 0 bridgehead atoms. The van der Waals surface area contributed by atoms with Gasteiger partial charge in [0.15, 0.2) is 0 Å². The third-order valence-corrected chi connectivity index (χ3v) is 4.39. The third kappa shape index (κ3) is 2.40. The van der Waals surface area contributed by atoms with Gasteiger partial charge in [0.05, 0.1) is 0 Å². The first-order chi connectivity index (χ1) is 6.75. The summed E-state index contributed by atoms with van der Waals surface area (Å²) in [4.78, 5) is 0. The molecule has 0 heteroatoms. The summed E-state index contributed by atoms with van der Waals surface area (Å²) in [6, 6.07) is 0. The Morgan fingerprint density at radius 3 is 2.36 bits per heavy atom. The van der Waals surface area contributed by atoms with E-state index in [9.17, 15) is 0 Å². The van der Waals surface area contributed by atoms with E-state index in [1.807, 2.05) is 0 Å². The van der Waals surface area contributed by atoms with Crippen molar-refractivity contribution in [2.45, 2.75) is 52.4 Å². The number of hydrogen-bond donors (Lipinski definition) is 0. The second-order valence-corrected chi connectivity index (χ2v) is 5.64. The molecular weight excluding hydrogens is 168 g/mol. The van der Waals surface area contributed by atoms with E-state index in [1.165, 1.54) is 38.5 Å². The lowest BCUT2D eigenvalue weighted by atomic mass is 9.77. The zero-order chi connectivity index (χ0) is 9.97. The molecule has 0 aromatic rings. The molecule has 0 N–H and O–H groups in total. The van der Waals surface area contributed by atoms with E-state index < -0.39 is 0 Å². The molecule has 2 rings (SSSR count). The molecule has 0 radical (unpaired) electrons. The van der Waals surface area contributed by atoms with Crippen molar-refractivity contribution in [2.24, 2.45) is 23.7 Å². The molecular formula is C14H24. The van der Waals surface area contributed by atoms with Crippen LogP contribution in [0, 0.1) is 23.7 Å². The highest BCUT2D eigenvalue weighted by Crippen LogP contribution is 2.37. The molecule has 1 fully saturated rings. The van der Waals surface area contributed by atoms with Gasteiger partial charge in [-0.15, -0.1) is 0 Å². The highest BCUT2D eigenvalue weighted by atomic mass is 14.3. The molecule has 2 aliphatic carbocycles. The standard InChI is InChI=1S/C14H24/c1-11-6-8-13(9-7-11)10-14-5-3-4-12(14)2/h3-4,11-14H,5-10H2,1-2H3. The minimum absolute atomic E-state index is 0.856. The second kappa shape index (κ2) is 4.51. The van der Waals surface area contributed by atoms with E-state index >= 15 is 0 Å². The van der Waals surface area contributed by atoms with Crippen LogP contribution < -0.4 is 0 Å². The summed E-state index contributed by atoms with van der Waals surface area (Å²) in [5.74, 6) is 3.90. The smallest absolute Gasteiger partial charge is 0.0231 e. The predicted molar refractivity (Wildman–Crippen MR) is 62.2 cm³/mol. The molecule has 0 spiro atoms. The highest BCUT2D eigenvalue weighted by molar-refractivity contribution is 4.99. The van der Waals surface area contributed by atoms with Crippen molar-refractivity contribution < 1.29 is 0 Å². The minimum Gasteiger partial charge on any atom is -0.0880 e. The summed E-state index contributed by atoms with van der Waals surface area (Å²) in [5, 5.41) is 0. The molecule has 2 aliphatic rings. The summed E-state index contributed by atoms with van der Waals surface area (Å²) in [6.07, 6.45) is 13.6. The van der Waals surface area contributed by atoms with Crippen LogP contribution in [0.3, 0.4) is 0 Å². The van der Waals surface area contributed by atoms with E-state index in [2.05, 4.69) is 26.0 Å². The summed E-state index contributed by atoms with van der Waals surface area (Å²) in [6.45, 7) is 4.80. The van der Waals surface area contributed by atoms with Crippen molar-refractivity contribution in [3.63, 3.8) is 0 Å². The van der Waals surface area contributed by atoms with Gasteiger partial charge < -0.3 is 0 Å². The maximum Gasteiger partial charge on any atom is -0.0231 e. The zero-order valence-electron chi connectivity index (χ0n) is 9.71. The van der Waals surface area contributed by atoms with Gasteiger partial charge >= 0.3 is 0 Å². The number of allylic oxidation sites excluding steroid dienone is 2. The van der Waals surface area contributed by atoms with Crippen LogP contribution in [0.2, 0.25) is 0 Å². The van der Waals surface area contributed by atoms with Crippen molar-refractivity contribution in [3.05, 3.63) is 12.2 Å². The Kier molecular flexibility index (Phi) is 3.30. The Labute approximate surface area is 88.8 Å². The molecule has 0 heterocycles. The summed E-state index contributed by atoms with van der Waals surface area (Å²) >= 11 is 0. The topological polar surface area (TPSA) is 0 Å². The van der Waals surface area contributed by atoms with Crippen molar-refractivity contribution in [1.29, 1.82) is 0 Å². The molecule has 0 aliphatic heterocycles. The molecule has 0 nitrogen and oxygen atoms in total. The van der Waals surface area contributed by atoms with Gasteiger partial charge in [0.2, 0.25) is 0 Å². The Morgan fingerprint density at radius 2 is 1.79 bits per heavy atom. The van der Waals surface area contributed by atoms with Crippen LogP contribution in [0.5, 0.6) is 0 Å². The number of hydrogen-bond acceptors (Lipinski definition) is 0. The van der Waals surface area contributed by atoms with Crippen LogP contribution in [-0.4, -0.2) is 0 Å². The second-order valence-electron chi connectivity index (χ2n) is 5.64. The van der Waals surface area contributed by atoms with E-state index in [1.54, 1.807) is 0 Å². The van der Waals surface area contributed by atoms with Crippen LogP contribution in [0.15, 0.2) is 12.2 Å².